The summed E-state index contributed by atoms with van der Waals surface area (Å²) in [5, 5.41) is 9.00. The van der Waals surface area contributed by atoms with Crippen molar-refractivity contribution in [1.82, 2.24) is 0 Å². The molecule has 0 unspecified atom stereocenters. The van der Waals surface area contributed by atoms with Crippen LogP contribution in [0.2, 0.25) is 0 Å². The Balaban J connectivity index is 3.12. The molecule has 0 aliphatic heterocycles. The molecule has 0 amide bonds. The van der Waals surface area contributed by atoms with Crippen LogP contribution >= 0.6 is 0 Å². The molecule has 1 N–H and O–H groups in total. The first-order valence-electron chi connectivity index (χ1n) is 10.9. The Kier molecular flexibility index (Phi) is 17.9. The van der Waals surface area contributed by atoms with Gasteiger partial charge in [-0.3, -0.25) is 4.79 Å². The van der Waals surface area contributed by atoms with Crippen molar-refractivity contribution in [2.24, 2.45) is 0 Å². The molecule has 0 aromatic rings. The molecule has 0 rings (SSSR count). The number of hydrogen-bond donors (Lipinski definition) is 1. The third-order valence-corrected chi connectivity index (χ3v) is 4.93. The molecule has 0 aromatic heterocycles. The molecule has 0 fully saturated rings. The van der Waals surface area contributed by atoms with Gasteiger partial charge in [0.25, 0.3) is 0 Å². The van der Waals surface area contributed by atoms with E-state index in [2.05, 4.69) is 6.58 Å². The highest BCUT2D eigenvalue weighted by molar-refractivity contribution is 5.84. The Bertz CT molecular complexity index is 374. The van der Waals surface area contributed by atoms with Crippen LogP contribution in [-0.2, 0) is 9.59 Å². The summed E-state index contributed by atoms with van der Waals surface area (Å²) in [5.41, 5.74) is 0. The van der Waals surface area contributed by atoms with Gasteiger partial charge < -0.3 is 9.90 Å². The van der Waals surface area contributed by atoms with E-state index in [4.69, 9.17) is 5.11 Å². The van der Waals surface area contributed by atoms with Gasteiger partial charge in [0, 0.05) is 25.7 Å². The zero-order valence-electron chi connectivity index (χ0n) is 17.2. The molecule has 0 spiro atoms. The fourth-order valence-corrected chi connectivity index (χ4v) is 3.21. The van der Waals surface area contributed by atoms with Gasteiger partial charge in [0.05, 0.1) is 5.76 Å². The van der Waals surface area contributed by atoms with E-state index in [-0.39, 0.29) is 11.6 Å². The van der Waals surface area contributed by atoms with Crippen molar-refractivity contribution < 1.29 is 14.7 Å². The van der Waals surface area contributed by atoms with Crippen molar-refractivity contribution in [2.75, 3.05) is 0 Å². The zero-order valence-corrected chi connectivity index (χ0v) is 17.2. The number of Topliss-reactive ketones (excluding diaryl/α,β-unsaturated/α-hetero) is 2. The van der Waals surface area contributed by atoms with Gasteiger partial charge in [-0.25, -0.2) is 0 Å². The Labute approximate surface area is 161 Å². The quantitative estimate of drug-likeness (QED) is 0.182. The zero-order chi connectivity index (χ0) is 19.5. The molecular formula is C23H42O3. The molecule has 3 heteroatoms. The lowest BCUT2D eigenvalue weighted by atomic mass is 10.0. The van der Waals surface area contributed by atoms with Crippen molar-refractivity contribution in [3.05, 3.63) is 12.3 Å². The topological polar surface area (TPSA) is 54.4 Å². The van der Waals surface area contributed by atoms with Gasteiger partial charge in [-0.15, -0.1) is 0 Å². The summed E-state index contributed by atoms with van der Waals surface area (Å²) >= 11 is 0. The first-order valence-corrected chi connectivity index (χ1v) is 10.9. The molecule has 152 valence electrons. The molecule has 0 heterocycles. The maximum Gasteiger partial charge on any atom is 0.133 e. The van der Waals surface area contributed by atoms with Crippen LogP contribution in [0.1, 0.15) is 122 Å². The van der Waals surface area contributed by atoms with Gasteiger partial charge >= 0.3 is 0 Å². The van der Waals surface area contributed by atoms with Crippen LogP contribution in [0.3, 0.4) is 0 Å². The van der Waals surface area contributed by atoms with Gasteiger partial charge in [-0.2, -0.15) is 0 Å². The number of unbranched alkanes of at least 4 members (excludes halogenated alkanes) is 13. The highest BCUT2D eigenvalue weighted by Crippen LogP contribution is 2.14. The largest absolute Gasteiger partial charge is 0.513 e. The van der Waals surface area contributed by atoms with Crippen LogP contribution in [0.4, 0.5) is 0 Å². The molecule has 0 aliphatic rings. The Morgan fingerprint density at radius 3 is 1.27 bits per heavy atom. The van der Waals surface area contributed by atoms with E-state index >= 15 is 0 Å². The van der Waals surface area contributed by atoms with Crippen molar-refractivity contribution in [3.8, 4) is 0 Å². The number of carbonyl (C=O) groups is 2. The van der Waals surface area contributed by atoms with E-state index < -0.39 is 0 Å². The second kappa shape index (κ2) is 18.7. The Morgan fingerprint density at radius 1 is 0.577 bits per heavy atom. The van der Waals surface area contributed by atoms with Crippen molar-refractivity contribution in [3.63, 3.8) is 0 Å². The smallest absolute Gasteiger partial charge is 0.133 e. The number of carbonyl (C=O) groups excluding carboxylic acids is 2. The molecule has 0 saturated carbocycles. The van der Waals surface area contributed by atoms with Crippen LogP contribution in [0.25, 0.3) is 0 Å². The van der Waals surface area contributed by atoms with Crippen LogP contribution in [0.15, 0.2) is 12.3 Å². The fraction of sp³-hybridized carbons (Fsp3) is 0.826. The molecule has 3 nitrogen and oxygen atoms in total. The number of rotatable bonds is 20. The summed E-state index contributed by atoms with van der Waals surface area (Å²) in [6.45, 7) is 5.06. The summed E-state index contributed by atoms with van der Waals surface area (Å²) < 4.78 is 0. The third-order valence-electron chi connectivity index (χ3n) is 4.93. The predicted molar refractivity (Wildman–Crippen MR) is 111 cm³/mol. The minimum absolute atomic E-state index is 0.114. The molecule has 0 aliphatic carbocycles. The number of aliphatic hydroxyl groups excluding tert-OH is 1. The van der Waals surface area contributed by atoms with Crippen LogP contribution < -0.4 is 0 Å². The number of hydrogen-bond acceptors (Lipinski definition) is 3. The average molecular weight is 367 g/mol. The lowest BCUT2D eigenvalue weighted by molar-refractivity contribution is -0.123. The van der Waals surface area contributed by atoms with Gasteiger partial charge in [0.15, 0.2) is 0 Å². The summed E-state index contributed by atoms with van der Waals surface area (Å²) in [5.74, 6) is 0.685. The van der Waals surface area contributed by atoms with E-state index in [1.807, 2.05) is 0 Å². The van der Waals surface area contributed by atoms with Crippen molar-refractivity contribution in [1.29, 1.82) is 0 Å². The van der Waals surface area contributed by atoms with E-state index in [1.165, 1.54) is 70.6 Å². The van der Waals surface area contributed by atoms with E-state index in [0.717, 1.165) is 25.7 Å². The summed E-state index contributed by atoms with van der Waals surface area (Å²) in [6.07, 6.45) is 19.9. The molecule has 0 atom stereocenters. The van der Waals surface area contributed by atoms with Crippen LogP contribution in [0.5, 0.6) is 0 Å². The van der Waals surface area contributed by atoms with E-state index in [1.54, 1.807) is 6.92 Å². The van der Waals surface area contributed by atoms with Gasteiger partial charge in [-0.05, 0) is 19.8 Å². The SMILES string of the molecule is C=C(O)CCCCCCCCCCCCCCCCC(=O)CCC(C)=O. The standard InChI is InChI=1S/C23H42O3/c1-21(24)17-15-13-11-9-7-5-3-4-6-8-10-12-14-16-18-23(26)20-19-22(2)25/h24H,1,3-20H2,2H3. The molecule has 0 bridgehead atoms. The number of aliphatic hydroxyl groups is 1. The second-order valence-corrected chi connectivity index (χ2v) is 7.76. The fourth-order valence-electron chi connectivity index (χ4n) is 3.21. The van der Waals surface area contributed by atoms with Gasteiger partial charge in [0.1, 0.15) is 11.6 Å². The molecule has 0 radical (unpaired) electrons. The highest BCUT2D eigenvalue weighted by atomic mass is 16.3. The lowest BCUT2D eigenvalue weighted by Crippen LogP contribution is -2.01. The first-order chi connectivity index (χ1) is 12.5. The second-order valence-electron chi connectivity index (χ2n) is 7.76. The Hall–Kier alpha value is -1.12. The minimum Gasteiger partial charge on any atom is -0.513 e. The van der Waals surface area contributed by atoms with Gasteiger partial charge in [0.2, 0.25) is 0 Å². The van der Waals surface area contributed by atoms with Crippen molar-refractivity contribution in [2.45, 2.75) is 122 Å². The Morgan fingerprint density at radius 2 is 0.923 bits per heavy atom. The lowest BCUT2D eigenvalue weighted by Gasteiger charge is -2.04. The van der Waals surface area contributed by atoms with Crippen molar-refractivity contribution >= 4 is 11.6 Å². The maximum atomic E-state index is 11.5. The van der Waals surface area contributed by atoms with Crippen LogP contribution in [0, 0.1) is 0 Å². The summed E-state index contributed by atoms with van der Waals surface area (Å²) in [6, 6.07) is 0. The first kappa shape index (κ1) is 24.9. The normalized spacial score (nSPS) is 10.8. The molecule has 0 aromatic carbocycles. The van der Waals surface area contributed by atoms with E-state index in [9.17, 15) is 9.59 Å². The minimum atomic E-state index is 0.114. The molecule has 0 saturated heterocycles. The summed E-state index contributed by atoms with van der Waals surface area (Å²) in [4.78, 5) is 22.4. The third kappa shape index (κ3) is 20.9. The number of allylic oxidation sites excluding steroid dienone is 1. The van der Waals surface area contributed by atoms with E-state index in [0.29, 0.717) is 25.0 Å². The molecule has 26 heavy (non-hydrogen) atoms. The number of ketones is 2. The summed E-state index contributed by atoms with van der Waals surface area (Å²) in [7, 11) is 0. The van der Waals surface area contributed by atoms with Crippen LogP contribution in [-0.4, -0.2) is 16.7 Å². The predicted octanol–water partition coefficient (Wildman–Crippen LogP) is 7.24. The highest BCUT2D eigenvalue weighted by Gasteiger charge is 2.03. The maximum absolute atomic E-state index is 11.5. The molecular weight excluding hydrogens is 324 g/mol. The van der Waals surface area contributed by atoms with Gasteiger partial charge in [-0.1, -0.05) is 83.6 Å². The monoisotopic (exact) mass is 366 g/mol. The average Bonchev–Trinajstić information content (AvgIpc) is 2.59.